The monoisotopic (exact) mass is 360 g/mol. The molecule has 0 unspecified atom stereocenters. The van der Waals surface area contributed by atoms with E-state index in [9.17, 15) is 4.79 Å². The van der Waals surface area contributed by atoms with E-state index < -0.39 is 0 Å². The number of benzene rings is 1. The first-order valence-corrected chi connectivity index (χ1v) is 8.70. The van der Waals surface area contributed by atoms with Gasteiger partial charge in [-0.2, -0.15) is 5.10 Å². The Hall–Kier alpha value is -2.18. The highest BCUT2D eigenvalue weighted by molar-refractivity contribution is 7.14. The highest BCUT2D eigenvalue weighted by Crippen LogP contribution is 2.26. The number of aryl methyl sites for hydroxylation is 2. The fourth-order valence-electron chi connectivity index (χ4n) is 2.48. The molecule has 0 saturated carbocycles. The molecule has 0 saturated heterocycles. The minimum atomic E-state index is -0.0915. The average molecular weight is 361 g/mol. The summed E-state index contributed by atoms with van der Waals surface area (Å²) >= 11 is 7.30. The van der Waals surface area contributed by atoms with Crippen molar-refractivity contribution in [3.63, 3.8) is 0 Å². The normalized spacial score (nSPS) is 10.8. The number of hydrogen-bond acceptors (Lipinski definition) is 4. The Kier molecular flexibility index (Phi) is 4.69. The molecule has 24 heavy (non-hydrogen) atoms. The summed E-state index contributed by atoms with van der Waals surface area (Å²) < 4.78 is 1.79. The first-order valence-electron chi connectivity index (χ1n) is 7.44. The van der Waals surface area contributed by atoms with Gasteiger partial charge in [-0.3, -0.25) is 9.48 Å². The van der Waals surface area contributed by atoms with Crippen LogP contribution in [0.1, 0.15) is 17.0 Å². The van der Waals surface area contributed by atoms with Crippen molar-refractivity contribution in [2.45, 2.75) is 20.3 Å². The van der Waals surface area contributed by atoms with Crippen LogP contribution < -0.4 is 5.32 Å². The summed E-state index contributed by atoms with van der Waals surface area (Å²) in [6.07, 6.45) is 0.293. The van der Waals surface area contributed by atoms with Gasteiger partial charge in [-0.25, -0.2) is 4.98 Å². The zero-order chi connectivity index (χ0) is 17.3. The topological polar surface area (TPSA) is 59.8 Å². The third-order valence-corrected chi connectivity index (χ3v) is 4.90. The van der Waals surface area contributed by atoms with Crippen LogP contribution in [-0.4, -0.2) is 20.7 Å². The fourth-order valence-corrected chi connectivity index (χ4v) is 3.34. The molecule has 0 bridgehead atoms. The van der Waals surface area contributed by atoms with Crippen LogP contribution in [0.3, 0.4) is 0 Å². The number of carbonyl (C=O) groups excluding carboxylic acids is 1. The SMILES string of the molecule is Cc1nn(C)c(C)c1CC(=O)Nc1nc(-c2ccc(Cl)cc2)cs1. The van der Waals surface area contributed by atoms with E-state index in [1.807, 2.05) is 50.5 Å². The molecular weight excluding hydrogens is 344 g/mol. The Morgan fingerprint density at radius 2 is 2.00 bits per heavy atom. The largest absolute Gasteiger partial charge is 0.302 e. The van der Waals surface area contributed by atoms with Crippen LogP contribution in [0, 0.1) is 13.8 Å². The standard InChI is InChI=1S/C17H17ClN4OS/c1-10-14(11(2)22(3)21-10)8-16(23)20-17-19-15(9-24-17)12-4-6-13(18)7-5-12/h4-7,9H,8H2,1-3H3,(H,19,20,23). The molecule has 124 valence electrons. The molecular formula is C17H17ClN4OS. The highest BCUT2D eigenvalue weighted by atomic mass is 35.5. The molecule has 3 rings (SSSR count). The lowest BCUT2D eigenvalue weighted by Gasteiger charge is -2.03. The number of rotatable bonds is 4. The number of halogens is 1. The summed E-state index contributed by atoms with van der Waals surface area (Å²) in [4.78, 5) is 16.8. The Labute approximate surface area is 149 Å². The van der Waals surface area contributed by atoms with Gasteiger partial charge in [-0.05, 0) is 26.0 Å². The third-order valence-electron chi connectivity index (χ3n) is 3.89. The zero-order valence-electron chi connectivity index (χ0n) is 13.6. The number of nitrogens with one attached hydrogen (secondary N) is 1. The van der Waals surface area contributed by atoms with Crippen molar-refractivity contribution in [2.75, 3.05) is 5.32 Å². The Morgan fingerprint density at radius 3 is 2.62 bits per heavy atom. The molecule has 1 amide bonds. The van der Waals surface area contributed by atoms with Crippen LogP contribution in [0.4, 0.5) is 5.13 Å². The Morgan fingerprint density at radius 1 is 1.29 bits per heavy atom. The van der Waals surface area contributed by atoms with E-state index in [2.05, 4.69) is 15.4 Å². The van der Waals surface area contributed by atoms with Crippen LogP contribution in [-0.2, 0) is 18.3 Å². The second-order valence-electron chi connectivity index (χ2n) is 5.54. The molecule has 0 atom stereocenters. The first-order chi connectivity index (χ1) is 11.4. The Balaban J connectivity index is 1.70. The molecule has 0 spiro atoms. The van der Waals surface area contributed by atoms with Crippen LogP contribution in [0.15, 0.2) is 29.6 Å². The summed E-state index contributed by atoms with van der Waals surface area (Å²) in [7, 11) is 1.88. The van der Waals surface area contributed by atoms with E-state index >= 15 is 0 Å². The average Bonchev–Trinajstić information content (AvgIpc) is 3.09. The van der Waals surface area contributed by atoms with Gasteiger partial charge in [-0.1, -0.05) is 23.7 Å². The smallest absolute Gasteiger partial charge is 0.230 e. The molecule has 0 aliphatic rings. The minimum Gasteiger partial charge on any atom is -0.302 e. The molecule has 0 aliphatic carbocycles. The van der Waals surface area contributed by atoms with Gasteiger partial charge in [0.2, 0.25) is 5.91 Å². The summed E-state index contributed by atoms with van der Waals surface area (Å²) in [5.74, 6) is -0.0915. The quantitative estimate of drug-likeness (QED) is 0.765. The van der Waals surface area contributed by atoms with Crippen LogP contribution in [0.2, 0.25) is 5.02 Å². The van der Waals surface area contributed by atoms with Crippen molar-refractivity contribution < 1.29 is 4.79 Å². The number of amides is 1. The summed E-state index contributed by atoms with van der Waals surface area (Å²) in [6.45, 7) is 3.88. The van der Waals surface area contributed by atoms with E-state index in [4.69, 9.17) is 11.6 Å². The Bertz CT molecular complexity index is 883. The van der Waals surface area contributed by atoms with Gasteiger partial charge >= 0.3 is 0 Å². The van der Waals surface area contributed by atoms with Crippen LogP contribution >= 0.6 is 22.9 Å². The number of aromatic nitrogens is 3. The van der Waals surface area contributed by atoms with Crippen molar-refractivity contribution in [2.24, 2.45) is 7.05 Å². The highest BCUT2D eigenvalue weighted by Gasteiger charge is 2.15. The molecule has 5 nitrogen and oxygen atoms in total. The minimum absolute atomic E-state index is 0.0915. The number of hydrogen-bond donors (Lipinski definition) is 1. The van der Waals surface area contributed by atoms with Crippen LogP contribution in [0.25, 0.3) is 11.3 Å². The molecule has 2 aromatic heterocycles. The molecule has 1 aromatic carbocycles. The maximum atomic E-state index is 12.3. The number of thiazole rings is 1. The lowest BCUT2D eigenvalue weighted by Crippen LogP contribution is -2.15. The zero-order valence-corrected chi connectivity index (χ0v) is 15.2. The van der Waals surface area contributed by atoms with E-state index in [1.165, 1.54) is 11.3 Å². The number of nitrogens with zero attached hydrogens (tertiary/aromatic N) is 3. The lowest BCUT2D eigenvalue weighted by molar-refractivity contribution is -0.115. The lowest BCUT2D eigenvalue weighted by atomic mass is 10.1. The van der Waals surface area contributed by atoms with E-state index in [0.29, 0.717) is 16.6 Å². The molecule has 0 fully saturated rings. The predicted molar refractivity (Wildman–Crippen MR) is 97.6 cm³/mol. The van der Waals surface area contributed by atoms with E-state index in [1.54, 1.807) is 4.68 Å². The van der Waals surface area contributed by atoms with Gasteiger partial charge in [0.15, 0.2) is 5.13 Å². The molecule has 7 heteroatoms. The van der Waals surface area contributed by atoms with Gasteiger partial charge in [0, 0.05) is 34.3 Å². The van der Waals surface area contributed by atoms with Crippen LogP contribution in [0.5, 0.6) is 0 Å². The molecule has 2 heterocycles. The molecule has 3 aromatic rings. The predicted octanol–water partition coefficient (Wildman–Crippen LogP) is 4.00. The second-order valence-corrected chi connectivity index (χ2v) is 6.84. The van der Waals surface area contributed by atoms with Crippen molar-refractivity contribution in [1.82, 2.24) is 14.8 Å². The summed E-state index contributed by atoms with van der Waals surface area (Å²) in [5.41, 5.74) is 4.63. The fraction of sp³-hybridized carbons (Fsp3) is 0.235. The molecule has 0 radical (unpaired) electrons. The number of anilines is 1. The maximum Gasteiger partial charge on any atom is 0.230 e. The van der Waals surface area contributed by atoms with Crippen molar-refractivity contribution in [3.05, 3.63) is 51.6 Å². The molecule has 1 N–H and O–H groups in total. The van der Waals surface area contributed by atoms with Gasteiger partial charge < -0.3 is 5.32 Å². The van der Waals surface area contributed by atoms with Crippen molar-refractivity contribution in [1.29, 1.82) is 0 Å². The second kappa shape index (κ2) is 6.75. The van der Waals surface area contributed by atoms with Gasteiger partial charge in [0.25, 0.3) is 0 Å². The summed E-state index contributed by atoms with van der Waals surface area (Å²) in [6, 6.07) is 7.46. The summed E-state index contributed by atoms with van der Waals surface area (Å²) in [5, 5.41) is 10.4. The third kappa shape index (κ3) is 3.49. The number of carbonyl (C=O) groups is 1. The van der Waals surface area contributed by atoms with Gasteiger partial charge in [0.05, 0.1) is 17.8 Å². The van der Waals surface area contributed by atoms with Gasteiger partial charge in [-0.15, -0.1) is 11.3 Å². The van der Waals surface area contributed by atoms with Crippen molar-refractivity contribution >= 4 is 34.0 Å². The first kappa shape index (κ1) is 16.7. The van der Waals surface area contributed by atoms with E-state index in [-0.39, 0.29) is 5.91 Å². The molecule has 0 aliphatic heterocycles. The van der Waals surface area contributed by atoms with Crippen molar-refractivity contribution in [3.8, 4) is 11.3 Å². The van der Waals surface area contributed by atoms with E-state index in [0.717, 1.165) is 28.2 Å². The maximum absolute atomic E-state index is 12.3. The van der Waals surface area contributed by atoms with Gasteiger partial charge in [0.1, 0.15) is 0 Å².